The van der Waals surface area contributed by atoms with E-state index >= 15 is 0 Å². The van der Waals surface area contributed by atoms with E-state index in [0.717, 1.165) is 10.9 Å². The van der Waals surface area contributed by atoms with Crippen molar-refractivity contribution in [2.45, 2.75) is 6.92 Å². The van der Waals surface area contributed by atoms with Gasteiger partial charge in [0.25, 0.3) is 5.91 Å². The van der Waals surface area contributed by atoms with E-state index in [-0.39, 0.29) is 18.4 Å². The number of hydrogen-bond donors (Lipinski definition) is 2. The van der Waals surface area contributed by atoms with Gasteiger partial charge in [-0.15, -0.1) is 0 Å². The molecule has 2 N–H and O–H groups in total. The Hall–Kier alpha value is -2.30. The summed E-state index contributed by atoms with van der Waals surface area (Å²) in [6.45, 7) is 2.43. The summed E-state index contributed by atoms with van der Waals surface area (Å²) >= 11 is 0. The van der Waals surface area contributed by atoms with Crippen LogP contribution in [0, 0.1) is 0 Å². The maximum atomic E-state index is 12.3. The standard InChI is InChI=1S/C14H17N3O2/c1-3-17(9-13(18)15-2)14(19)11-5-4-10-6-7-16-12(10)8-11/h4-8,16H,3,9H2,1-2H3,(H,15,18). The number of benzene rings is 1. The van der Waals surface area contributed by atoms with Gasteiger partial charge >= 0.3 is 0 Å². The molecule has 0 aliphatic carbocycles. The van der Waals surface area contributed by atoms with Crippen LogP contribution in [0.5, 0.6) is 0 Å². The van der Waals surface area contributed by atoms with Gasteiger partial charge in [-0.05, 0) is 30.5 Å². The number of H-pyrrole nitrogens is 1. The molecule has 0 saturated carbocycles. The van der Waals surface area contributed by atoms with Crippen LogP contribution in [-0.2, 0) is 4.79 Å². The van der Waals surface area contributed by atoms with Crippen LogP contribution in [0.4, 0.5) is 0 Å². The Morgan fingerprint density at radius 3 is 2.79 bits per heavy atom. The van der Waals surface area contributed by atoms with E-state index in [0.29, 0.717) is 12.1 Å². The molecule has 1 aromatic carbocycles. The second-order valence-electron chi connectivity index (χ2n) is 4.27. The number of nitrogens with one attached hydrogen (secondary N) is 2. The van der Waals surface area contributed by atoms with Crippen molar-refractivity contribution in [3.63, 3.8) is 0 Å². The lowest BCUT2D eigenvalue weighted by Gasteiger charge is -2.19. The van der Waals surface area contributed by atoms with Crippen molar-refractivity contribution in [3.8, 4) is 0 Å². The summed E-state index contributed by atoms with van der Waals surface area (Å²) in [5.74, 6) is -0.307. The third kappa shape index (κ3) is 2.76. The molecule has 0 unspecified atom stereocenters. The summed E-state index contributed by atoms with van der Waals surface area (Å²) in [5.41, 5.74) is 1.50. The van der Waals surface area contributed by atoms with E-state index in [4.69, 9.17) is 0 Å². The van der Waals surface area contributed by atoms with Gasteiger partial charge in [0.05, 0.1) is 6.54 Å². The maximum Gasteiger partial charge on any atom is 0.254 e. The molecule has 0 atom stereocenters. The van der Waals surface area contributed by atoms with E-state index in [1.807, 2.05) is 31.3 Å². The van der Waals surface area contributed by atoms with E-state index in [2.05, 4.69) is 10.3 Å². The zero-order valence-corrected chi connectivity index (χ0v) is 11.1. The molecule has 0 spiro atoms. The van der Waals surface area contributed by atoms with E-state index in [9.17, 15) is 9.59 Å². The van der Waals surface area contributed by atoms with Crippen LogP contribution in [0.2, 0.25) is 0 Å². The molecule has 0 fully saturated rings. The van der Waals surface area contributed by atoms with Crippen LogP contribution in [0.15, 0.2) is 30.5 Å². The number of fused-ring (bicyclic) bond motifs is 1. The molecule has 2 aromatic rings. The first-order valence-electron chi connectivity index (χ1n) is 6.22. The van der Waals surface area contributed by atoms with E-state index in [1.54, 1.807) is 13.1 Å². The number of likely N-dealkylation sites (N-methyl/N-ethyl adjacent to an activating group) is 2. The van der Waals surface area contributed by atoms with Gasteiger partial charge in [0.1, 0.15) is 0 Å². The van der Waals surface area contributed by atoms with E-state index in [1.165, 1.54) is 4.90 Å². The second-order valence-corrected chi connectivity index (χ2v) is 4.27. The molecule has 2 amide bonds. The molecule has 0 aliphatic rings. The summed E-state index contributed by atoms with van der Waals surface area (Å²) in [6, 6.07) is 7.44. The third-order valence-electron chi connectivity index (χ3n) is 3.08. The number of carbonyl (C=O) groups is 2. The summed E-state index contributed by atoms with van der Waals surface area (Å²) in [4.78, 5) is 28.3. The predicted octanol–water partition coefficient (Wildman–Crippen LogP) is 1.38. The molecule has 0 radical (unpaired) electrons. The van der Waals surface area contributed by atoms with Gasteiger partial charge in [-0.1, -0.05) is 6.07 Å². The molecule has 0 aliphatic heterocycles. The molecule has 19 heavy (non-hydrogen) atoms. The van der Waals surface area contributed by atoms with Crippen LogP contribution < -0.4 is 5.32 Å². The molecular formula is C14H17N3O2. The molecule has 2 rings (SSSR count). The highest BCUT2D eigenvalue weighted by Crippen LogP contribution is 2.15. The number of amides is 2. The number of hydrogen-bond acceptors (Lipinski definition) is 2. The molecule has 1 heterocycles. The van der Waals surface area contributed by atoms with Crippen LogP contribution in [0.1, 0.15) is 17.3 Å². The van der Waals surface area contributed by atoms with Gasteiger partial charge in [0, 0.05) is 30.9 Å². The number of aromatic nitrogens is 1. The molecule has 0 saturated heterocycles. The fourth-order valence-corrected chi connectivity index (χ4v) is 1.94. The van der Waals surface area contributed by atoms with Crippen molar-refractivity contribution >= 4 is 22.7 Å². The maximum absolute atomic E-state index is 12.3. The van der Waals surface area contributed by atoms with Gasteiger partial charge in [0.2, 0.25) is 5.91 Å². The fourth-order valence-electron chi connectivity index (χ4n) is 1.94. The largest absolute Gasteiger partial charge is 0.361 e. The van der Waals surface area contributed by atoms with Crippen LogP contribution >= 0.6 is 0 Å². The molecular weight excluding hydrogens is 242 g/mol. The van der Waals surface area contributed by atoms with Crippen molar-refractivity contribution in [3.05, 3.63) is 36.0 Å². The van der Waals surface area contributed by atoms with Crippen LogP contribution in [0.3, 0.4) is 0 Å². The van der Waals surface area contributed by atoms with Crippen LogP contribution in [0.25, 0.3) is 10.9 Å². The van der Waals surface area contributed by atoms with Gasteiger partial charge in [-0.2, -0.15) is 0 Å². The van der Waals surface area contributed by atoms with Gasteiger partial charge < -0.3 is 15.2 Å². The number of rotatable bonds is 4. The first-order chi connectivity index (χ1) is 9.15. The van der Waals surface area contributed by atoms with Crippen molar-refractivity contribution < 1.29 is 9.59 Å². The second kappa shape index (κ2) is 5.56. The fraction of sp³-hybridized carbons (Fsp3) is 0.286. The number of carbonyl (C=O) groups excluding carboxylic acids is 2. The third-order valence-corrected chi connectivity index (χ3v) is 3.08. The minimum absolute atomic E-state index is 0.0780. The lowest BCUT2D eigenvalue weighted by Crippen LogP contribution is -2.39. The quantitative estimate of drug-likeness (QED) is 0.871. The monoisotopic (exact) mass is 259 g/mol. The number of nitrogens with zero attached hydrogens (tertiary/aromatic N) is 1. The minimum Gasteiger partial charge on any atom is -0.361 e. The van der Waals surface area contributed by atoms with Crippen molar-refractivity contribution in [2.75, 3.05) is 20.1 Å². The summed E-state index contributed by atoms with van der Waals surface area (Å²) in [6.07, 6.45) is 1.83. The Morgan fingerprint density at radius 1 is 1.32 bits per heavy atom. The predicted molar refractivity (Wildman–Crippen MR) is 73.9 cm³/mol. The zero-order valence-electron chi connectivity index (χ0n) is 11.1. The zero-order chi connectivity index (χ0) is 13.8. The molecule has 1 aromatic heterocycles. The highest BCUT2D eigenvalue weighted by atomic mass is 16.2. The summed E-state index contributed by atoms with van der Waals surface area (Å²) in [7, 11) is 1.56. The van der Waals surface area contributed by atoms with E-state index < -0.39 is 0 Å². The Labute approximate surface area is 111 Å². The highest BCUT2D eigenvalue weighted by Gasteiger charge is 2.17. The first-order valence-corrected chi connectivity index (χ1v) is 6.22. The Bertz CT molecular complexity index is 604. The van der Waals surface area contributed by atoms with Gasteiger partial charge in [-0.25, -0.2) is 0 Å². The van der Waals surface area contributed by atoms with Gasteiger partial charge in [-0.3, -0.25) is 9.59 Å². The molecule has 5 heteroatoms. The Kier molecular flexibility index (Phi) is 3.85. The SMILES string of the molecule is CCN(CC(=O)NC)C(=O)c1ccc2cc[nH]c2c1. The molecule has 100 valence electrons. The molecule has 5 nitrogen and oxygen atoms in total. The summed E-state index contributed by atoms with van der Waals surface area (Å²) in [5, 5.41) is 3.58. The lowest BCUT2D eigenvalue weighted by atomic mass is 10.1. The average molecular weight is 259 g/mol. The van der Waals surface area contributed by atoms with Crippen LogP contribution in [-0.4, -0.2) is 41.8 Å². The summed E-state index contributed by atoms with van der Waals surface area (Å²) < 4.78 is 0. The van der Waals surface area contributed by atoms with Crippen molar-refractivity contribution in [1.82, 2.24) is 15.2 Å². The van der Waals surface area contributed by atoms with Gasteiger partial charge in [0.15, 0.2) is 0 Å². The highest BCUT2D eigenvalue weighted by molar-refractivity contribution is 5.99. The molecule has 0 bridgehead atoms. The number of aromatic amines is 1. The van der Waals surface area contributed by atoms with Crippen molar-refractivity contribution in [2.24, 2.45) is 0 Å². The average Bonchev–Trinajstić information content (AvgIpc) is 2.90. The van der Waals surface area contributed by atoms with Crippen molar-refractivity contribution in [1.29, 1.82) is 0 Å². The normalized spacial score (nSPS) is 10.4. The Morgan fingerprint density at radius 2 is 2.11 bits per heavy atom. The first kappa shape index (κ1) is 13.1. The smallest absolute Gasteiger partial charge is 0.254 e. The topological polar surface area (TPSA) is 65.2 Å². The lowest BCUT2D eigenvalue weighted by molar-refractivity contribution is -0.121. The Balaban J connectivity index is 2.23. The minimum atomic E-state index is -0.170.